The van der Waals surface area contributed by atoms with E-state index in [2.05, 4.69) is 0 Å². The van der Waals surface area contributed by atoms with Crippen molar-refractivity contribution in [2.75, 3.05) is 19.6 Å². The van der Waals surface area contributed by atoms with Gasteiger partial charge < -0.3 is 14.4 Å². The van der Waals surface area contributed by atoms with Crippen molar-refractivity contribution in [2.45, 2.75) is 66.1 Å². The molecule has 25 heavy (non-hydrogen) atoms. The van der Waals surface area contributed by atoms with Gasteiger partial charge >= 0.3 is 13.1 Å². The highest BCUT2D eigenvalue weighted by molar-refractivity contribution is 6.53. The molecule has 0 radical (unpaired) electrons. The Balaban J connectivity index is 2.23. The lowest BCUT2D eigenvalue weighted by Gasteiger charge is -2.32. The van der Waals surface area contributed by atoms with E-state index < -0.39 is 29.7 Å². The average Bonchev–Trinajstić information content (AvgIpc) is 2.97. The summed E-state index contributed by atoms with van der Waals surface area (Å²) in [6.07, 6.45) is 0.602. The first-order chi connectivity index (χ1) is 11.2. The quantitative estimate of drug-likeness (QED) is 0.785. The van der Waals surface area contributed by atoms with E-state index in [0.29, 0.717) is 31.6 Å². The summed E-state index contributed by atoms with van der Waals surface area (Å²) in [5.74, 6) is -1.16. The normalized spacial score (nSPS) is 27.5. The first kappa shape index (κ1) is 20.4. The topological polar surface area (TPSA) is 59.0 Å². The van der Waals surface area contributed by atoms with E-state index in [-0.39, 0.29) is 11.6 Å². The molecule has 0 aliphatic carbocycles. The minimum absolute atomic E-state index is 0.374. The molecule has 1 atom stereocenters. The Morgan fingerprint density at radius 2 is 1.76 bits per heavy atom. The summed E-state index contributed by atoms with van der Waals surface area (Å²) < 4.78 is 27.1. The Morgan fingerprint density at radius 3 is 2.16 bits per heavy atom. The standard InChI is InChI=1S/C18H31BFNO4/c1-16(2,3)13(11-21-9-8-12(10-21)15(22)23)14(20)19-24-17(4,5)18(6,7)25-19/h12H,8-11H2,1-7H3,(H,22,23). The van der Waals surface area contributed by atoms with Crippen LogP contribution in [0.3, 0.4) is 0 Å². The van der Waals surface area contributed by atoms with Gasteiger partial charge in [0.2, 0.25) is 0 Å². The highest BCUT2D eigenvalue weighted by atomic mass is 19.1. The van der Waals surface area contributed by atoms with Crippen LogP contribution in [0.1, 0.15) is 54.9 Å². The number of aliphatic carboxylic acids is 1. The Bertz CT molecular complexity index is 552. The summed E-state index contributed by atoms with van der Waals surface area (Å²) in [7, 11) is -1.02. The van der Waals surface area contributed by atoms with Crippen LogP contribution in [0.4, 0.5) is 4.39 Å². The Morgan fingerprint density at radius 1 is 1.24 bits per heavy atom. The first-order valence-corrected chi connectivity index (χ1v) is 8.94. The predicted octanol–water partition coefficient (Wildman–Crippen LogP) is 3.29. The molecule has 2 heterocycles. The maximum atomic E-state index is 15.4. The summed E-state index contributed by atoms with van der Waals surface area (Å²) in [6.45, 7) is 15.0. The summed E-state index contributed by atoms with van der Waals surface area (Å²) in [6, 6.07) is 0. The second kappa shape index (κ2) is 6.67. The molecular weight excluding hydrogens is 324 g/mol. The Kier molecular flexibility index (Phi) is 5.44. The fourth-order valence-electron chi connectivity index (χ4n) is 3.16. The van der Waals surface area contributed by atoms with E-state index in [1.54, 1.807) is 0 Å². The number of likely N-dealkylation sites (tertiary alicyclic amines) is 1. The smallest absolute Gasteiger partial charge is 0.481 e. The Hall–Kier alpha value is -0.915. The van der Waals surface area contributed by atoms with Gasteiger partial charge in [-0.3, -0.25) is 9.69 Å². The molecule has 2 aliphatic heterocycles. The molecule has 2 rings (SSSR count). The van der Waals surface area contributed by atoms with E-state index >= 15 is 4.39 Å². The van der Waals surface area contributed by atoms with Crippen LogP contribution in [-0.2, 0) is 14.1 Å². The highest BCUT2D eigenvalue weighted by Gasteiger charge is 2.54. The molecule has 2 aliphatic rings. The zero-order chi connectivity index (χ0) is 19.2. The summed E-state index contributed by atoms with van der Waals surface area (Å²) in [4.78, 5) is 13.2. The SMILES string of the molecule is CC(C)(C)C(CN1CCC(C(=O)O)C1)=C(F)B1OC(C)(C)C(C)(C)O1. The molecule has 0 aromatic carbocycles. The molecule has 0 bridgehead atoms. The number of carboxylic acids is 1. The zero-order valence-corrected chi connectivity index (χ0v) is 16.5. The monoisotopic (exact) mass is 355 g/mol. The number of carbonyl (C=O) groups is 1. The van der Waals surface area contributed by atoms with Gasteiger partial charge in [-0.05, 0) is 51.6 Å². The van der Waals surface area contributed by atoms with Crippen LogP contribution in [0.2, 0.25) is 0 Å². The third-order valence-electron chi connectivity index (χ3n) is 5.66. The van der Waals surface area contributed by atoms with Crippen LogP contribution in [0, 0.1) is 11.3 Å². The molecule has 1 N–H and O–H groups in total. The van der Waals surface area contributed by atoms with Crippen LogP contribution in [0.5, 0.6) is 0 Å². The second-order valence-corrected chi connectivity index (χ2v) is 9.22. The Labute approximate surface area is 150 Å². The van der Waals surface area contributed by atoms with Crippen molar-refractivity contribution in [1.29, 1.82) is 0 Å². The van der Waals surface area contributed by atoms with Gasteiger partial charge in [0.15, 0.2) is 0 Å². The molecule has 0 saturated carbocycles. The molecule has 0 spiro atoms. The van der Waals surface area contributed by atoms with Gasteiger partial charge in [-0.15, -0.1) is 0 Å². The molecule has 5 nitrogen and oxygen atoms in total. The fourth-order valence-corrected chi connectivity index (χ4v) is 3.16. The van der Waals surface area contributed by atoms with Gasteiger partial charge in [0.05, 0.1) is 17.1 Å². The van der Waals surface area contributed by atoms with Crippen molar-refractivity contribution < 1.29 is 23.6 Å². The van der Waals surface area contributed by atoms with Crippen LogP contribution < -0.4 is 0 Å². The third kappa shape index (κ3) is 4.26. The van der Waals surface area contributed by atoms with Crippen molar-refractivity contribution in [3.8, 4) is 0 Å². The number of hydrogen-bond acceptors (Lipinski definition) is 4. The van der Waals surface area contributed by atoms with E-state index in [9.17, 15) is 4.79 Å². The van der Waals surface area contributed by atoms with E-state index in [1.165, 1.54) is 0 Å². The highest BCUT2D eigenvalue weighted by Crippen LogP contribution is 2.41. The predicted molar refractivity (Wildman–Crippen MR) is 95.9 cm³/mol. The molecule has 2 fully saturated rings. The lowest BCUT2D eigenvalue weighted by Crippen LogP contribution is -2.41. The number of halogens is 1. The van der Waals surface area contributed by atoms with Gasteiger partial charge in [-0.2, -0.15) is 0 Å². The maximum Gasteiger partial charge on any atom is 0.525 e. The van der Waals surface area contributed by atoms with Crippen molar-refractivity contribution in [1.82, 2.24) is 4.90 Å². The number of rotatable bonds is 4. The molecular formula is C18H31BFNO4. The van der Waals surface area contributed by atoms with Crippen molar-refractivity contribution in [3.05, 3.63) is 11.3 Å². The summed E-state index contributed by atoms with van der Waals surface area (Å²) >= 11 is 0. The number of hydrogen-bond donors (Lipinski definition) is 1. The molecule has 142 valence electrons. The van der Waals surface area contributed by atoms with Gasteiger partial charge in [0.25, 0.3) is 0 Å². The molecule has 0 aromatic rings. The summed E-state index contributed by atoms with van der Waals surface area (Å²) in [5.41, 5.74) is -1.38. The summed E-state index contributed by atoms with van der Waals surface area (Å²) in [5, 5.41) is 9.17. The third-order valence-corrected chi connectivity index (χ3v) is 5.66. The van der Waals surface area contributed by atoms with Gasteiger partial charge in [-0.1, -0.05) is 20.8 Å². The van der Waals surface area contributed by atoms with Crippen molar-refractivity contribution in [3.63, 3.8) is 0 Å². The molecule has 0 amide bonds. The first-order valence-electron chi connectivity index (χ1n) is 8.94. The van der Waals surface area contributed by atoms with Crippen molar-refractivity contribution in [2.24, 2.45) is 11.3 Å². The van der Waals surface area contributed by atoms with E-state index in [4.69, 9.17) is 14.4 Å². The van der Waals surface area contributed by atoms with Gasteiger partial charge in [-0.25, -0.2) is 4.39 Å². The van der Waals surface area contributed by atoms with Crippen LogP contribution in [-0.4, -0.2) is 53.9 Å². The van der Waals surface area contributed by atoms with Crippen molar-refractivity contribution >= 4 is 13.1 Å². The lowest BCUT2D eigenvalue weighted by atomic mass is 9.75. The number of nitrogens with zero attached hydrogens (tertiary/aromatic N) is 1. The molecule has 2 saturated heterocycles. The average molecular weight is 355 g/mol. The molecule has 7 heteroatoms. The van der Waals surface area contributed by atoms with E-state index in [0.717, 1.165) is 0 Å². The van der Waals surface area contributed by atoms with Gasteiger partial charge in [0, 0.05) is 13.1 Å². The minimum atomic E-state index is -1.02. The lowest BCUT2D eigenvalue weighted by molar-refractivity contribution is -0.141. The minimum Gasteiger partial charge on any atom is -0.481 e. The van der Waals surface area contributed by atoms with E-state index in [1.807, 2.05) is 53.4 Å². The largest absolute Gasteiger partial charge is 0.525 e. The molecule has 1 unspecified atom stereocenters. The van der Waals surface area contributed by atoms with Gasteiger partial charge in [0.1, 0.15) is 5.73 Å². The zero-order valence-electron chi connectivity index (χ0n) is 16.5. The molecule has 0 aromatic heterocycles. The fraction of sp³-hybridized carbons (Fsp3) is 0.833. The van der Waals surface area contributed by atoms with Crippen LogP contribution in [0.25, 0.3) is 0 Å². The van der Waals surface area contributed by atoms with Crippen LogP contribution >= 0.6 is 0 Å². The van der Waals surface area contributed by atoms with Crippen LogP contribution in [0.15, 0.2) is 11.3 Å². The maximum absolute atomic E-state index is 15.4. The number of carboxylic acid groups (broad SMARTS) is 1. The second-order valence-electron chi connectivity index (χ2n) is 9.22.